The maximum absolute atomic E-state index is 2.38. The summed E-state index contributed by atoms with van der Waals surface area (Å²) < 4.78 is 4.76. The van der Waals surface area contributed by atoms with Crippen LogP contribution in [0.3, 0.4) is 0 Å². The van der Waals surface area contributed by atoms with E-state index in [1.807, 2.05) is 0 Å². The minimum Gasteiger partial charge on any atom is -0.317 e. The van der Waals surface area contributed by atoms with Crippen LogP contribution >= 0.6 is 0 Å². The molecule has 0 saturated carbocycles. The second kappa shape index (κ2) is 22.1. The highest BCUT2D eigenvalue weighted by Gasteiger charge is 2.31. The van der Waals surface area contributed by atoms with Crippen LogP contribution in [-0.4, -0.2) is 9.13 Å². The molecule has 2 aliphatic heterocycles. The number of para-hydroxylation sites is 2. The number of hydrogen-bond donors (Lipinski definition) is 0. The van der Waals surface area contributed by atoms with Crippen LogP contribution in [0.2, 0.25) is 0 Å². The number of fused-ring (bicyclic) bond motifs is 14. The van der Waals surface area contributed by atoms with Crippen molar-refractivity contribution in [3.8, 4) is 0 Å². The van der Waals surface area contributed by atoms with Crippen LogP contribution in [0, 0.1) is 0 Å². The van der Waals surface area contributed by atoms with E-state index in [1.54, 1.807) is 66.9 Å². The predicted octanol–water partition coefficient (Wildman–Crippen LogP) is 21.8. The zero-order valence-corrected chi connectivity index (χ0v) is 52.0. The van der Waals surface area contributed by atoms with Crippen LogP contribution in [0.1, 0.15) is 165 Å². The van der Waals surface area contributed by atoms with E-state index in [1.165, 1.54) is 161 Å². The first kappa shape index (κ1) is 55.0. The van der Waals surface area contributed by atoms with Crippen LogP contribution in [0.25, 0.3) is 55.5 Å². The van der Waals surface area contributed by atoms with Gasteiger partial charge < -0.3 is 9.13 Å². The molecule has 2 heteroatoms. The molecule has 8 aliphatic carbocycles. The van der Waals surface area contributed by atoms with E-state index in [0.717, 1.165) is 25.7 Å². The van der Waals surface area contributed by atoms with Gasteiger partial charge in [0.15, 0.2) is 0 Å². The van der Waals surface area contributed by atoms with E-state index in [9.17, 15) is 0 Å². The van der Waals surface area contributed by atoms with Gasteiger partial charge in [-0.1, -0.05) is 167 Å². The van der Waals surface area contributed by atoms with E-state index in [-0.39, 0.29) is 0 Å². The fourth-order valence-electron chi connectivity index (χ4n) is 15.4. The number of benzene rings is 6. The molecule has 0 unspecified atom stereocenters. The van der Waals surface area contributed by atoms with Gasteiger partial charge in [0.25, 0.3) is 0 Å². The SMILES string of the molecule is CC1=C(C)C2=C(C1)Cc1ccccc12.CC1=C(C)C2=C(C1)Cc1ccccc12.CC1=C(C)C2=C(C1)c1ccccc1C2.CC1=C(C)C2=C(C1)c1ccccc1C2.CC1=C(C)n2c(cc3ccccc32)C1.CC1=C(C)n2c(cc3ccccc32)C1. The normalized spacial score (nSPS) is 17.8. The Morgan fingerprint density at radius 3 is 0.976 bits per heavy atom. The van der Waals surface area contributed by atoms with Gasteiger partial charge in [0, 0.05) is 46.4 Å². The Morgan fingerprint density at radius 1 is 0.262 bits per heavy atom. The highest BCUT2D eigenvalue weighted by molar-refractivity contribution is 5.92. The van der Waals surface area contributed by atoms with Gasteiger partial charge in [0.05, 0.1) is 11.0 Å². The second-order valence-electron chi connectivity index (χ2n) is 25.7. The Morgan fingerprint density at radius 2 is 0.583 bits per heavy atom. The molecule has 10 aliphatic rings. The van der Waals surface area contributed by atoms with Crippen molar-refractivity contribution in [2.45, 2.75) is 147 Å². The Hall–Kier alpha value is -8.20. The first-order valence-corrected chi connectivity index (χ1v) is 31.0. The zero-order chi connectivity index (χ0) is 58.2. The second-order valence-corrected chi connectivity index (χ2v) is 25.7. The van der Waals surface area contributed by atoms with Crippen molar-refractivity contribution >= 4 is 55.5 Å². The lowest BCUT2D eigenvalue weighted by Crippen LogP contribution is -1.90. The molecule has 0 amide bonds. The van der Waals surface area contributed by atoms with E-state index < -0.39 is 0 Å². The van der Waals surface area contributed by atoms with Crippen molar-refractivity contribution in [1.29, 1.82) is 0 Å². The molecule has 2 aromatic heterocycles. The topological polar surface area (TPSA) is 9.86 Å². The van der Waals surface area contributed by atoms with Gasteiger partial charge in [-0.2, -0.15) is 0 Å². The van der Waals surface area contributed by atoms with E-state index in [4.69, 9.17) is 0 Å². The van der Waals surface area contributed by atoms with Crippen LogP contribution in [0.4, 0.5) is 0 Å². The van der Waals surface area contributed by atoms with Crippen LogP contribution in [-0.2, 0) is 38.5 Å². The Balaban J connectivity index is 0.0000000940. The first-order chi connectivity index (χ1) is 40.6. The molecule has 0 saturated heterocycles. The Kier molecular flexibility index (Phi) is 14.5. The minimum atomic E-state index is 1.11. The van der Waals surface area contributed by atoms with Crippen LogP contribution in [0.5, 0.6) is 0 Å². The van der Waals surface area contributed by atoms with Gasteiger partial charge in [-0.05, 0) is 270 Å². The number of nitrogens with zero attached hydrogens (tertiary/aromatic N) is 2. The summed E-state index contributed by atoms with van der Waals surface area (Å²) in [7, 11) is 0. The van der Waals surface area contributed by atoms with E-state index >= 15 is 0 Å². The van der Waals surface area contributed by atoms with Crippen molar-refractivity contribution < 1.29 is 0 Å². The molecule has 0 spiro atoms. The molecule has 0 bridgehead atoms. The summed E-state index contributed by atoms with van der Waals surface area (Å²) in [6.45, 7) is 27.0. The molecule has 0 N–H and O–H groups in total. The average Bonchev–Trinajstić information content (AvgIpc) is 4.52. The third-order valence-corrected chi connectivity index (χ3v) is 20.7. The fourth-order valence-corrected chi connectivity index (χ4v) is 15.4. The smallest absolute Gasteiger partial charge is 0.0528 e. The molecule has 2 nitrogen and oxygen atoms in total. The molecule has 6 aromatic carbocycles. The largest absolute Gasteiger partial charge is 0.317 e. The Bertz CT molecular complexity index is 4170. The van der Waals surface area contributed by atoms with Gasteiger partial charge in [-0.3, -0.25) is 0 Å². The lowest BCUT2D eigenvalue weighted by atomic mass is 9.99. The summed E-state index contributed by atoms with van der Waals surface area (Å²) >= 11 is 0. The summed E-state index contributed by atoms with van der Waals surface area (Å²) in [5.41, 5.74) is 48.5. The molecule has 84 heavy (non-hydrogen) atoms. The molecule has 8 aromatic rings. The predicted molar refractivity (Wildman–Crippen MR) is 361 cm³/mol. The number of hydrogen-bond acceptors (Lipinski definition) is 0. The highest BCUT2D eigenvalue weighted by atomic mass is 15.0. The third kappa shape index (κ3) is 9.60. The minimum absolute atomic E-state index is 1.11. The van der Waals surface area contributed by atoms with Crippen molar-refractivity contribution in [1.82, 2.24) is 9.13 Å². The van der Waals surface area contributed by atoms with Crippen LogP contribution in [0.15, 0.2) is 236 Å². The van der Waals surface area contributed by atoms with Gasteiger partial charge in [-0.15, -0.1) is 0 Å². The number of allylic oxidation sites excluding steroid dienone is 20. The molecular weight excluding hydrogens is 1010 g/mol. The fraction of sp³-hybridized carbons (Fsp3) is 0.268. The van der Waals surface area contributed by atoms with E-state index in [2.05, 4.69) is 250 Å². The van der Waals surface area contributed by atoms with Crippen molar-refractivity contribution in [3.63, 3.8) is 0 Å². The molecule has 0 fully saturated rings. The average molecular weight is 1100 g/mol. The lowest BCUT2D eigenvalue weighted by molar-refractivity contribution is 1.06. The van der Waals surface area contributed by atoms with E-state index in [0.29, 0.717) is 0 Å². The molecule has 0 atom stereocenters. The lowest BCUT2D eigenvalue weighted by Gasteiger charge is -2.05. The maximum Gasteiger partial charge on any atom is 0.0528 e. The molecule has 0 radical (unpaired) electrons. The van der Waals surface area contributed by atoms with Gasteiger partial charge >= 0.3 is 0 Å². The summed E-state index contributed by atoms with van der Waals surface area (Å²) in [5, 5.41) is 2.71. The van der Waals surface area contributed by atoms with Crippen molar-refractivity contribution in [2.75, 3.05) is 0 Å². The van der Waals surface area contributed by atoms with Gasteiger partial charge in [-0.25, -0.2) is 0 Å². The molecule has 18 rings (SSSR count). The third-order valence-electron chi connectivity index (χ3n) is 20.7. The number of rotatable bonds is 0. The van der Waals surface area contributed by atoms with Crippen molar-refractivity contribution in [3.05, 3.63) is 292 Å². The summed E-state index contributed by atoms with van der Waals surface area (Å²) in [6, 6.07) is 57.1. The van der Waals surface area contributed by atoms with Gasteiger partial charge in [0.2, 0.25) is 0 Å². The monoisotopic (exact) mass is 1090 g/mol. The summed E-state index contributed by atoms with van der Waals surface area (Å²) in [5.74, 6) is 0. The number of aromatic nitrogens is 2. The molecular formula is C82H82N2. The van der Waals surface area contributed by atoms with Crippen LogP contribution < -0.4 is 0 Å². The summed E-state index contributed by atoms with van der Waals surface area (Å²) in [6.07, 6.45) is 11.7. The molecule has 4 heterocycles. The van der Waals surface area contributed by atoms with Gasteiger partial charge in [0.1, 0.15) is 0 Å². The standard InChI is InChI=1S/4C14H14.2C13H13N/c2*1-9-7-12-8-11-5-3-4-6-13(11)14(12)10(9)2;2*1-9-7-14-12-6-4-3-5-11(12)8-13(14)10(9)2;2*1-9-7-12-8-11-5-3-4-6-13(11)14(12)10(9)2/h4*3-6H,7-8H2,1-2H3;2*3-6,8H,7H2,1-2H3. The van der Waals surface area contributed by atoms with Crippen molar-refractivity contribution in [2.24, 2.45) is 0 Å². The first-order valence-electron chi connectivity index (χ1n) is 31.0. The maximum atomic E-state index is 2.38. The highest BCUT2D eigenvalue weighted by Crippen LogP contribution is 2.49. The quantitative estimate of drug-likeness (QED) is 0.143. The summed E-state index contributed by atoms with van der Waals surface area (Å²) in [4.78, 5) is 0. The Labute approximate surface area is 500 Å². The molecule has 420 valence electrons. The zero-order valence-electron chi connectivity index (χ0n) is 52.0.